The summed E-state index contributed by atoms with van der Waals surface area (Å²) in [5.74, 6) is 0.694. The average Bonchev–Trinajstić information content (AvgIpc) is 2.66. The van der Waals surface area contributed by atoms with Crippen LogP contribution in [0, 0.1) is 5.92 Å². The van der Waals surface area contributed by atoms with Crippen LogP contribution in [0.4, 0.5) is 5.69 Å². The largest absolute Gasteiger partial charge is 0.370 e. The van der Waals surface area contributed by atoms with Gasteiger partial charge >= 0.3 is 0 Å². The van der Waals surface area contributed by atoms with E-state index in [0.717, 1.165) is 13.1 Å². The lowest BCUT2D eigenvalue weighted by Gasteiger charge is -2.28. The van der Waals surface area contributed by atoms with Crippen molar-refractivity contribution in [3.05, 3.63) is 29.8 Å². The number of benzene rings is 1. The molecule has 0 spiro atoms. The summed E-state index contributed by atoms with van der Waals surface area (Å²) in [5.41, 5.74) is 2.84. The number of anilines is 1. The molecule has 1 aromatic rings. The lowest BCUT2D eigenvalue weighted by Crippen LogP contribution is -2.41. The molecule has 1 N–H and O–H groups in total. The number of hydrogen-bond acceptors (Lipinski definition) is 2. The zero-order valence-corrected chi connectivity index (χ0v) is 12.7. The third kappa shape index (κ3) is 3.97. The fourth-order valence-corrected chi connectivity index (χ4v) is 2.79. The normalized spacial score (nSPS) is 20.6. The smallest absolute Gasteiger partial charge is 0.0366 e. The van der Waals surface area contributed by atoms with Crippen LogP contribution < -0.4 is 10.2 Å². The molecule has 1 aliphatic heterocycles. The summed E-state index contributed by atoms with van der Waals surface area (Å²) >= 11 is 0. The zero-order valence-electron chi connectivity index (χ0n) is 12.7. The van der Waals surface area contributed by atoms with Crippen molar-refractivity contribution >= 4 is 5.69 Å². The minimum absolute atomic E-state index is 0.609. The summed E-state index contributed by atoms with van der Waals surface area (Å²) in [7, 11) is 0. The molecular formula is C17H28N2. The van der Waals surface area contributed by atoms with E-state index >= 15 is 0 Å². The van der Waals surface area contributed by atoms with Gasteiger partial charge < -0.3 is 10.2 Å². The Labute approximate surface area is 118 Å². The van der Waals surface area contributed by atoms with Gasteiger partial charge in [0.1, 0.15) is 0 Å². The van der Waals surface area contributed by atoms with Gasteiger partial charge in [-0.15, -0.1) is 0 Å². The SMILES string of the molecule is CCCc1ccc(N2CCCNC(C(C)C)C2)cc1. The molecule has 1 fully saturated rings. The van der Waals surface area contributed by atoms with Gasteiger partial charge in [0, 0.05) is 24.8 Å². The number of aryl methyl sites for hydroxylation is 1. The Bertz CT molecular complexity index is 369. The van der Waals surface area contributed by atoms with Gasteiger partial charge in [-0.1, -0.05) is 39.3 Å². The molecule has 1 unspecified atom stereocenters. The van der Waals surface area contributed by atoms with Gasteiger partial charge in [-0.3, -0.25) is 0 Å². The topological polar surface area (TPSA) is 15.3 Å². The molecule has 106 valence electrons. The van der Waals surface area contributed by atoms with E-state index in [0.29, 0.717) is 12.0 Å². The molecule has 0 aliphatic carbocycles. The molecule has 0 radical (unpaired) electrons. The van der Waals surface area contributed by atoms with E-state index in [4.69, 9.17) is 0 Å². The summed E-state index contributed by atoms with van der Waals surface area (Å²) in [6, 6.07) is 9.79. The molecule has 0 amide bonds. The van der Waals surface area contributed by atoms with Gasteiger partial charge in [0.2, 0.25) is 0 Å². The lowest BCUT2D eigenvalue weighted by molar-refractivity contribution is 0.420. The number of rotatable bonds is 4. The van der Waals surface area contributed by atoms with Crippen LogP contribution in [0.15, 0.2) is 24.3 Å². The van der Waals surface area contributed by atoms with Crippen LogP contribution in [-0.2, 0) is 6.42 Å². The minimum Gasteiger partial charge on any atom is -0.370 e. The second-order valence-corrected chi connectivity index (χ2v) is 6.02. The molecule has 0 aromatic heterocycles. The standard InChI is InChI=1S/C17H28N2/c1-4-6-15-7-9-16(10-8-15)19-12-5-11-18-17(13-19)14(2)3/h7-10,14,17-18H,4-6,11-13H2,1-3H3. The van der Waals surface area contributed by atoms with E-state index in [9.17, 15) is 0 Å². The summed E-state index contributed by atoms with van der Waals surface area (Å²) in [5, 5.41) is 3.67. The first-order chi connectivity index (χ1) is 9.20. The van der Waals surface area contributed by atoms with E-state index in [1.807, 2.05) is 0 Å². The molecule has 2 nitrogen and oxygen atoms in total. The third-order valence-electron chi connectivity index (χ3n) is 4.07. The van der Waals surface area contributed by atoms with E-state index in [-0.39, 0.29) is 0 Å². The maximum Gasteiger partial charge on any atom is 0.0366 e. The molecule has 0 bridgehead atoms. The van der Waals surface area contributed by atoms with Crippen LogP contribution in [0.1, 0.15) is 39.2 Å². The zero-order chi connectivity index (χ0) is 13.7. The number of nitrogens with one attached hydrogen (secondary N) is 1. The highest BCUT2D eigenvalue weighted by Gasteiger charge is 2.20. The molecule has 1 heterocycles. The van der Waals surface area contributed by atoms with Crippen molar-refractivity contribution in [2.75, 3.05) is 24.5 Å². The maximum absolute atomic E-state index is 3.67. The van der Waals surface area contributed by atoms with E-state index < -0.39 is 0 Å². The van der Waals surface area contributed by atoms with Crippen LogP contribution in [0.25, 0.3) is 0 Å². The van der Waals surface area contributed by atoms with Gasteiger partial charge in [-0.2, -0.15) is 0 Å². The second-order valence-electron chi connectivity index (χ2n) is 6.02. The highest BCUT2D eigenvalue weighted by molar-refractivity contribution is 5.48. The first kappa shape index (κ1) is 14.4. The second kappa shape index (κ2) is 6.95. The summed E-state index contributed by atoms with van der Waals surface area (Å²) in [4.78, 5) is 2.54. The molecule has 1 atom stereocenters. The van der Waals surface area contributed by atoms with Crippen LogP contribution in [0.3, 0.4) is 0 Å². The summed E-state index contributed by atoms with van der Waals surface area (Å²) < 4.78 is 0. The predicted octanol–water partition coefficient (Wildman–Crippen LogP) is 3.46. The first-order valence-electron chi connectivity index (χ1n) is 7.78. The Morgan fingerprint density at radius 3 is 2.63 bits per heavy atom. The Kier molecular flexibility index (Phi) is 5.26. The summed E-state index contributed by atoms with van der Waals surface area (Å²) in [6.07, 6.45) is 3.65. The Morgan fingerprint density at radius 1 is 1.26 bits per heavy atom. The summed E-state index contributed by atoms with van der Waals surface area (Å²) in [6.45, 7) is 10.3. The Hall–Kier alpha value is -1.02. The van der Waals surface area contributed by atoms with Crippen LogP contribution in [0.2, 0.25) is 0 Å². The van der Waals surface area contributed by atoms with E-state index in [2.05, 4.69) is 55.3 Å². The fourth-order valence-electron chi connectivity index (χ4n) is 2.79. The quantitative estimate of drug-likeness (QED) is 0.892. The van der Waals surface area contributed by atoms with E-state index in [1.54, 1.807) is 0 Å². The fraction of sp³-hybridized carbons (Fsp3) is 0.647. The number of hydrogen-bond donors (Lipinski definition) is 1. The van der Waals surface area contributed by atoms with Crippen LogP contribution in [-0.4, -0.2) is 25.7 Å². The average molecular weight is 260 g/mol. The van der Waals surface area contributed by atoms with Crippen molar-refractivity contribution in [2.45, 2.75) is 46.1 Å². The molecule has 1 aliphatic rings. The van der Waals surface area contributed by atoms with Crippen molar-refractivity contribution in [1.82, 2.24) is 5.32 Å². The molecule has 0 saturated carbocycles. The molecule has 2 rings (SSSR count). The first-order valence-corrected chi connectivity index (χ1v) is 7.78. The van der Waals surface area contributed by atoms with E-state index in [1.165, 1.54) is 37.1 Å². The van der Waals surface area contributed by atoms with Crippen molar-refractivity contribution < 1.29 is 0 Å². The minimum atomic E-state index is 0.609. The van der Waals surface area contributed by atoms with Crippen molar-refractivity contribution in [3.8, 4) is 0 Å². The lowest BCUT2D eigenvalue weighted by atomic mass is 10.0. The van der Waals surface area contributed by atoms with Gasteiger partial charge in [-0.25, -0.2) is 0 Å². The monoisotopic (exact) mass is 260 g/mol. The van der Waals surface area contributed by atoms with Gasteiger partial charge in [0.05, 0.1) is 0 Å². The highest BCUT2D eigenvalue weighted by atomic mass is 15.2. The van der Waals surface area contributed by atoms with Crippen LogP contribution >= 0.6 is 0 Å². The van der Waals surface area contributed by atoms with Gasteiger partial charge in [0.15, 0.2) is 0 Å². The molecule has 1 saturated heterocycles. The van der Waals surface area contributed by atoms with Crippen molar-refractivity contribution in [2.24, 2.45) is 5.92 Å². The van der Waals surface area contributed by atoms with Crippen LogP contribution in [0.5, 0.6) is 0 Å². The van der Waals surface area contributed by atoms with Crippen molar-refractivity contribution in [1.29, 1.82) is 0 Å². The molecule has 2 heteroatoms. The molecular weight excluding hydrogens is 232 g/mol. The predicted molar refractivity (Wildman–Crippen MR) is 83.9 cm³/mol. The Morgan fingerprint density at radius 2 is 2.00 bits per heavy atom. The number of nitrogens with zero attached hydrogens (tertiary/aromatic N) is 1. The molecule has 19 heavy (non-hydrogen) atoms. The van der Waals surface area contributed by atoms with Gasteiger partial charge in [-0.05, 0) is 43.0 Å². The van der Waals surface area contributed by atoms with Gasteiger partial charge in [0.25, 0.3) is 0 Å². The molecule has 1 aromatic carbocycles. The highest BCUT2D eigenvalue weighted by Crippen LogP contribution is 2.19. The van der Waals surface area contributed by atoms with Crippen molar-refractivity contribution in [3.63, 3.8) is 0 Å². The Balaban J connectivity index is 2.06. The maximum atomic E-state index is 3.67. The third-order valence-corrected chi connectivity index (χ3v) is 4.07.